The van der Waals surface area contributed by atoms with E-state index in [-0.39, 0.29) is 51.4 Å². The maximum atomic E-state index is 6.64. The average molecular weight is 356 g/mol. The molecule has 0 aliphatic heterocycles. The van der Waals surface area contributed by atoms with Crippen LogP contribution in [0.4, 0.5) is 0 Å². The topological polar surface area (TPSA) is 26.0 Å². The Morgan fingerprint density at radius 1 is 1.12 bits per heavy atom. The summed E-state index contributed by atoms with van der Waals surface area (Å²) in [5.74, 6) is 3.50. The summed E-state index contributed by atoms with van der Waals surface area (Å²) in [5.41, 5.74) is 9.35. The molecular weight excluding hydrogens is 317 g/mol. The first-order valence-electron chi connectivity index (χ1n) is 10.3. The van der Waals surface area contributed by atoms with Crippen LogP contribution in [0.3, 0.4) is 0 Å². The van der Waals surface area contributed by atoms with Crippen LogP contribution in [0.1, 0.15) is 79.6 Å². The molecule has 2 heteroatoms. The molecule has 0 saturated heterocycles. The van der Waals surface area contributed by atoms with E-state index < -0.39 is 0 Å². The smallest absolute Gasteiger partial charge is 0.327 e. The fourth-order valence-electron chi connectivity index (χ4n) is 6.96. The van der Waals surface area contributed by atoms with Crippen molar-refractivity contribution in [3.8, 4) is 0 Å². The fraction of sp³-hybridized carbons (Fsp3) is 0.864. The van der Waals surface area contributed by atoms with Gasteiger partial charge in [0.25, 0.3) is 0 Å². The van der Waals surface area contributed by atoms with Crippen molar-refractivity contribution in [3.63, 3.8) is 0 Å². The molecule has 3 fully saturated rings. The number of nitrogens with two attached hydrogens (primary N) is 1. The normalized spacial score (nSPS) is 49.1. The van der Waals surface area contributed by atoms with E-state index in [1.54, 1.807) is 5.57 Å². The second kappa shape index (κ2) is 8.06. The Kier molecular flexibility index (Phi) is 7.23. The molecule has 0 spiro atoms. The quantitative estimate of drug-likeness (QED) is 0.525. The van der Waals surface area contributed by atoms with Crippen molar-refractivity contribution < 1.29 is 51.4 Å². The molecule has 2 N–H and O–H groups in total. The van der Waals surface area contributed by atoms with Crippen LogP contribution in [0, 0.1) is 40.9 Å². The summed E-state index contributed by atoms with van der Waals surface area (Å²) in [6, 6.07) is 0.438. The van der Waals surface area contributed by atoms with E-state index in [9.17, 15) is 0 Å². The fourth-order valence-corrected chi connectivity index (χ4v) is 6.96. The minimum absolute atomic E-state index is 0. The van der Waals surface area contributed by atoms with E-state index in [1.807, 2.05) is 13.8 Å². The second-order valence-corrected chi connectivity index (χ2v) is 9.08. The van der Waals surface area contributed by atoms with Gasteiger partial charge in [-0.25, -0.2) is 18.1 Å². The molecule has 7 unspecified atom stereocenters. The number of allylic oxidation sites excluding steroid dienone is 2. The molecule has 132 valence electrons. The number of fused-ring (bicyclic) bond motifs is 5. The zero-order valence-electron chi connectivity index (χ0n) is 17.1. The Morgan fingerprint density at radius 3 is 2.54 bits per heavy atom. The molecule has 4 rings (SSSR count). The van der Waals surface area contributed by atoms with E-state index in [4.69, 9.17) is 5.73 Å². The van der Waals surface area contributed by atoms with Gasteiger partial charge in [0, 0.05) is 6.04 Å². The van der Waals surface area contributed by atoms with Gasteiger partial charge in [-0.05, 0) is 41.9 Å². The molecule has 24 heavy (non-hydrogen) atoms. The molecule has 4 aliphatic carbocycles. The number of rotatable bonds is 0. The molecule has 0 amide bonds. The van der Waals surface area contributed by atoms with E-state index in [2.05, 4.69) is 33.3 Å². The molecule has 4 aliphatic rings. The summed E-state index contributed by atoms with van der Waals surface area (Å²) in [6.07, 6.45) is 14.5. The third-order valence-electron chi connectivity index (χ3n) is 8.32. The summed E-state index contributed by atoms with van der Waals surface area (Å²) >= 11 is 0. The van der Waals surface area contributed by atoms with Gasteiger partial charge in [-0.1, -0.05) is 65.7 Å². The van der Waals surface area contributed by atoms with Crippen molar-refractivity contribution in [1.82, 2.24) is 0 Å². The first-order chi connectivity index (χ1) is 11.0. The molecule has 0 aromatic heterocycles. The van der Waals surface area contributed by atoms with E-state index in [1.165, 1.54) is 44.9 Å². The van der Waals surface area contributed by atoms with Gasteiger partial charge >= 0.3 is 51.4 Å². The summed E-state index contributed by atoms with van der Waals surface area (Å²) < 4.78 is 0. The van der Waals surface area contributed by atoms with Crippen LogP contribution < -0.4 is 57.1 Å². The van der Waals surface area contributed by atoms with Crippen LogP contribution in [-0.2, 0) is 0 Å². The van der Waals surface area contributed by atoms with Crippen LogP contribution in [-0.4, -0.2) is 6.04 Å². The van der Waals surface area contributed by atoms with Gasteiger partial charge < -0.3 is 5.73 Å². The Morgan fingerprint density at radius 2 is 1.83 bits per heavy atom. The van der Waals surface area contributed by atoms with Gasteiger partial charge in [-0.2, -0.15) is 0 Å². The maximum absolute atomic E-state index is 6.64. The SMILES string of the molecule is CC.CC1CC2C3CCC4=C[CH-]CCC4(C)C3CCC2(C)C1N.[K+]. The Hall–Kier alpha value is 1.21. The molecule has 7 atom stereocenters. The van der Waals surface area contributed by atoms with Crippen molar-refractivity contribution in [2.75, 3.05) is 0 Å². The van der Waals surface area contributed by atoms with Gasteiger partial charge in [0.05, 0.1) is 0 Å². The van der Waals surface area contributed by atoms with Crippen LogP contribution in [0.2, 0.25) is 0 Å². The van der Waals surface area contributed by atoms with Crippen LogP contribution >= 0.6 is 0 Å². The monoisotopic (exact) mass is 355 g/mol. The summed E-state index contributed by atoms with van der Waals surface area (Å²) in [4.78, 5) is 0. The molecule has 0 radical (unpaired) electrons. The molecule has 0 heterocycles. The molecule has 1 nitrogen and oxygen atoms in total. The Bertz CT molecular complexity index is 473. The largest absolute Gasteiger partial charge is 1.00 e. The van der Waals surface area contributed by atoms with Crippen molar-refractivity contribution in [3.05, 3.63) is 18.1 Å². The Balaban J connectivity index is 0.000000670. The first-order valence-corrected chi connectivity index (χ1v) is 10.3. The standard InChI is InChI=1S/C20H32N.C2H6.K/c1-13-12-17-15-8-7-14-6-4-5-10-19(14,2)16(15)9-11-20(17,3)18(13)21;1-2;/h4,6,13,15-18H,5,7-12,21H2,1-3H3;1-2H3;/q-1;;+1. The minimum Gasteiger partial charge on any atom is -0.327 e. The zero-order valence-corrected chi connectivity index (χ0v) is 20.2. The minimum atomic E-state index is 0. The molecule has 3 saturated carbocycles. The van der Waals surface area contributed by atoms with Crippen LogP contribution in [0.25, 0.3) is 0 Å². The second-order valence-electron chi connectivity index (χ2n) is 9.08. The molecular formula is C22H38KN. The third-order valence-corrected chi connectivity index (χ3v) is 8.32. The number of hydrogen-bond donors (Lipinski definition) is 1. The summed E-state index contributed by atoms with van der Waals surface area (Å²) in [5, 5.41) is 0. The zero-order chi connectivity index (χ0) is 16.8. The van der Waals surface area contributed by atoms with Crippen LogP contribution in [0.5, 0.6) is 0 Å². The van der Waals surface area contributed by atoms with Gasteiger partial charge in [0.2, 0.25) is 0 Å². The molecule has 0 aromatic rings. The summed E-state index contributed by atoms with van der Waals surface area (Å²) in [7, 11) is 0. The van der Waals surface area contributed by atoms with E-state index >= 15 is 0 Å². The molecule has 0 aromatic carbocycles. The van der Waals surface area contributed by atoms with E-state index in [0.29, 0.717) is 16.9 Å². The van der Waals surface area contributed by atoms with Crippen molar-refractivity contribution in [2.45, 2.75) is 85.6 Å². The van der Waals surface area contributed by atoms with Gasteiger partial charge in [-0.15, -0.1) is 6.42 Å². The third kappa shape index (κ3) is 3.16. The van der Waals surface area contributed by atoms with Crippen LogP contribution in [0.15, 0.2) is 11.6 Å². The Labute approximate surface area is 193 Å². The van der Waals surface area contributed by atoms with Gasteiger partial charge in [0.1, 0.15) is 0 Å². The number of hydrogen-bond acceptors (Lipinski definition) is 1. The van der Waals surface area contributed by atoms with Gasteiger partial charge in [-0.3, -0.25) is 0 Å². The first kappa shape index (κ1) is 21.5. The predicted octanol–water partition coefficient (Wildman–Crippen LogP) is 2.76. The predicted molar refractivity (Wildman–Crippen MR) is 99.9 cm³/mol. The van der Waals surface area contributed by atoms with Gasteiger partial charge in [0.15, 0.2) is 0 Å². The maximum Gasteiger partial charge on any atom is 1.00 e. The van der Waals surface area contributed by atoms with E-state index in [0.717, 1.165) is 23.7 Å². The van der Waals surface area contributed by atoms with Crippen molar-refractivity contribution >= 4 is 0 Å². The van der Waals surface area contributed by atoms with Crippen molar-refractivity contribution in [1.29, 1.82) is 0 Å². The molecule has 0 bridgehead atoms. The average Bonchev–Trinajstić information content (AvgIpc) is 2.80. The van der Waals surface area contributed by atoms with Crippen molar-refractivity contribution in [2.24, 2.45) is 40.2 Å². The summed E-state index contributed by atoms with van der Waals surface area (Å²) in [6.45, 7) is 11.5.